The molecule has 0 bridgehead atoms. The molecule has 1 aromatic heterocycles. The maximum absolute atomic E-state index is 11.8. The zero-order valence-electron chi connectivity index (χ0n) is 12.8. The van der Waals surface area contributed by atoms with Crippen molar-refractivity contribution in [3.8, 4) is 0 Å². The number of nitrogens with one attached hydrogen (secondary N) is 1. The molecular weight excluding hydrogens is 264 g/mol. The van der Waals surface area contributed by atoms with Crippen LogP contribution in [0.1, 0.15) is 38.1 Å². The second-order valence-electron chi connectivity index (χ2n) is 5.40. The van der Waals surface area contributed by atoms with Crippen LogP contribution in [0.25, 0.3) is 0 Å². The highest BCUT2D eigenvalue weighted by atomic mass is 16.1. The maximum atomic E-state index is 11.8. The van der Waals surface area contributed by atoms with E-state index >= 15 is 0 Å². The van der Waals surface area contributed by atoms with E-state index in [0.29, 0.717) is 18.2 Å². The minimum absolute atomic E-state index is 0.112. The highest BCUT2D eigenvalue weighted by molar-refractivity contribution is 5.42. The van der Waals surface area contributed by atoms with Crippen molar-refractivity contribution in [3.63, 3.8) is 0 Å². The number of rotatable bonds is 5. The quantitative estimate of drug-likeness (QED) is 0.828. The number of nitrogens with two attached hydrogens (primary N) is 1. The second kappa shape index (κ2) is 6.43. The summed E-state index contributed by atoms with van der Waals surface area (Å²) in [6.07, 6.45) is 0. The fourth-order valence-electron chi connectivity index (χ4n) is 2.10. The van der Waals surface area contributed by atoms with Crippen LogP contribution in [0.2, 0.25) is 0 Å². The SMILES string of the molecule is CCN(Cc1ccc(N)cc1)c1cc(=O)[nH]c(C(C)C)n1. The van der Waals surface area contributed by atoms with Crippen LogP contribution in [-0.2, 0) is 6.54 Å². The Morgan fingerprint density at radius 3 is 2.52 bits per heavy atom. The van der Waals surface area contributed by atoms with Crippen LogP contribution in [0.5, 0.6) is 0 Å². The first-order valence-electron chi connectivity index (χ1n) is 7.20. The number of H-pyrrole nitrogens is 1. The predicted molar refractivity (Wildman–Crippen MR) is 86.5 cm³/mol. The van der Waals surface area contributed by atoms with E-state index in [1.54, 1.807) is 6.07 Å². The molecule has 0 aliphatic heterocycles. The lowest BCUT2D eigenvalue weighted by atomic mass is 10.2. The normalized spacial score (nSPS) is 10.9. The van der Waals surface area contributed by atoms with Gasteiger partial charge in [0.2, 0.25) is 0 Å². The third-order valence-electron chi connectivity index (χ3n) is 3.35. The monoisotopic (exact) mass is 286 g/mol. The minimum Gasteiger partial charge on any atom is -0.399 e. The molecular formula is C16H22N4O. The molecule has 0 radical (unpaired) electrons. The van der Waals surface area contributed by atoms with E-state index < -0.39 is 0 Å². The Kier molecular flexibility index (Phi) is 4.62. The topological polar surface area (TPSA) is 75.0 Å². The lowest BCUT2D eigenvalue weighted by Gasteiger charge is -2.22. The van der Waals surface area contributed by atoms with Gasteiger partial charge >= 0.3 is 0 Å². The first-order chi connectivity index (χ1) is 9.99. The molecule has 0 unspecified atom stereocenters. The van der Waals surface area contributed by atoms with E-state index in [4.69, 9.17) is 5.73 Å². The summed E-state index contributed by atoms with van der Waals surface area (Å²) >= 11 is 0. The second-order valence-corrected chi connectivity index (χ2v) is 5.40. The number of hydrogen-bond donors (Lipinski definition) is 2. The number of aromatic amines is 1. The Balaban J connectivity index is 2.28. The van der Waals surface area contributed by atoms with Crippen molar-refractivity contribution in [1.82, 2.24) is 9.97 Å². The van der Waals surface area contributed by atoms with Gasteiger partial charge in [0.1, 0.15) is 11.6 Å². The molecule has 0 fully saturated rings. The largest absolute Gasteiger partial charge is 0.399 e. The number of nitrogens with zero attached hydrogens (tertiary/aromatic N) is 2. The molecule has 3 N–H and O–H groups in total. The van der Waals surface area contributed by atoms with Gasteiger partial charge in [-0.15, -0.1) is 0 Å². The Bertz CT molecular complexity index is 646. The van der Waals surface area contributed by atoms with Gasteiger partial charge in [-0.3, -0.25) is 4.79 Å². The molecule has 5 nitrogen and oxygen atoms in total. The van der Waals surface area contributed by atoms with Crippen LogP contribution >= 0.6 is 0 Å². The Labute approximate surface area is 124 Å². The molecule has 0 spiro atoms. The van der Waals surface area contributed by atoms with E-state index in [1.807, 2.05) is 38.1 Å². The fraction of sp³-hybridized carbons (Fsp3) is 0.375. The van der Waals surface area contributed by atoms with Gasteiger partial charge in [-0.25, -0.2) is 4.98 Å². The van der Waals surface area contributed by atoms with E-state index in [0.717, 1.165) is 17.8 Å². The molecule has 1 aromatic carbocycles. The molecule has 1 heterocycles. The Hall–Kier alpha value is -2.30. The number of anilines is 2. The summed E-state index contributed by atoms with van der Waals surface area (Å²) in [7, 11) is 0. The van der Waals surface area contributed by atoms with Crippen LogP contribution in [0.15, 0.2) is 35.1 Å². The van der Waals surface area contributed by atoms with Gasteiger partial charge < -0.3 is 15.6 Å². The van der Waals surface area contributed by atoms with Crippen LogP contribution in [0.3, 0.4) is 0 Å². The summed E-state index contributed by atoms with van der Waals surface area (Å²) in [4.78, 5) is 21.2. The predicted octanol–water partition coefficient (Wildman–Crippen LogP) is 2.50. The van der Waals surface area contributed by atoms with Crippen LogP contribution in [-0.4, -0.2) is 16.5 Å². The lowest BCUT2D eigenvalue weighted by Crippen LogP contribution is -2.26. The molecule has 0 saturated carbocycles. The van der Waals surface area contributed by atoms with Gasteiger partial charge in [0, 0.05) is 30.8 Å². The van der Waals surface area contributed by atoms with Crippen LogP contribution < -0.4 is 16.2 Å². The van der Waals surface area contributed by atoms with Gasteiger partial charge in [0.25, 0.3) is 5.56 Å². The molecule has 112 valence electrons. The van der Waals surface area contributed by atoms with Crippen molar-refractivity contribution in [3.05, 3.63) is 52.1 Å². The average Bonchev–Trinajstić information content (AvgIpc) is 2.46. The summed E-state index contributed by atoms with van der Waals surface area (Å²) in [5, 5.41) is 0. The van der Waals surface area contributed by atoms with E-state index in [1.165, 1.54) is 0 Å². The Morgan fingerprint density at radius 1 is 1.29 bits per heavy atom. The summed E-state index contributed by atoms with van der Waals surface area (Å²) in [6.45, 7) is 7.55. The third kappa shape index (κ3) is 3.84. The van der Waals surface area contributed by atoms with Crippen molar-refractivity contribution < 1.29 is 0 Å². The first-order valence-corrected chi connectivity index (χ1v) is 7.20. The highest BCUT2D eigenvalue weighted by Crippen LogP contribution is 2.16. The highest BCUT2D eigenvalue weighted by Gasteiger charge is 2.11. The standard InChI is InChI=1S/C16H22N4O/c1-4-20(10-12-5-7-13(17)8-6-12)14-9-15(21)19-16(18-14)11(2)3/h5-9,11H,4,10,17H2,1-3H3,(H,18,19,21). The summed E-state index contributed by atoms with van der Waals surface area (Å²) in [5.74, 6) is 1.61. The molecule has 0 atom stereocenters. The zero-order valence-corrected chi connectivity index (χ0v) is 12.8. The molecule has 0 aliphatic rings. The maximum Gasteiger partial charge on any atom is 0.252 e. The lowest BCUT2D eigenvalue weighted by molar-refractivity contribution is 0.741. The van der Waals surface area contributed by atoms with Gasteiger partial charge in [-0.2, -0.15) is 0 Å². The summed E-state index contributed by atoms with van der Waals surface area (Å²) in [5.41, 5.74) is 7.48. The molecule has 21 heavy (non-hydrogen) atoms. The van der Waals surface area contributed by atoms with Crippen LogP contribution in [0.4, 0.5) is 11.5 Å². The van der Waals surface area contributed by atoms with Crippen molar-refractivity contribution in [1.29, 1.82) is 0 Å². The summed E-state index contributed by atoms with van der Waals surface area (Å²) < 4.78 is 0. The minimum atomic E-state index is -0.112. The third-order valence-corrected chi connectivity index (χ3v) is 3.35. The molecule has 2 rings (SSSR count). The Morgan fingerprint density at radius 2 is 1.95 bits per heavy atom. The van der Waals surface area contributed by atoms with E-state index in [-0.39, 0.29) is 11.5 Å². The molecule has 2 aromatic rings. The average molecular weight is 286 g/mol. The van der Waals surface area contributed by atoms with Crippen molar-refractivity contribution in [2.45, 2.75) is 33.2 Å². The van der Waals surface area contributed by atoms with Crippen molar-refractivity contribution in [2.24, 2.45) is 0 Å². The smallest absolute Gasteiger partial charge is 0.252 e. The van der Waals surface area contributed by atoms with Gasteiger partial charge in [0.05, 0.1) is 0 Å². The van der Waals surface area contributed by atoms with E-state index in [9.17, 15) is 4.79 Å². The van der Waals surface area contributed by atoms with E-state index in [2.05, 4.69) is 21.8 Å². The summed E-state index contributed by atoms with van der Waals surface area (Å²) in [6, 6.07) is 9.30. The number of aromatic nitrogens is 2. The molecule has 0 aliphatic carbocycles. The first kappa shape index (κ1) is 15.1. The zero-order chi connectivity index (χ0) is 15.4. The number of nitrogen functional groups attached to an aromatic ring is 1. The van der Waals surface area contributed by atoms with Gasteiger partial charge in [-0.1, -0.05) is 26.0 Å². The fourth-order valence-corrected chi connectivity index (χ4v) is 2.10. The van der Waals surface area contributed by atoms with Gasteiger partial charge in [0.15, 0.2) is 0 Å². The number of benzene rings is 1. The molecule has 0 amide bonds. The van der Waals surface area contributed by atoms with Gasteiger partial charge in [-0.05, 0) is 24.6 Å². The van der Waals surface area contributed by atoms with Crippen LogP contribution in [0, 0.1) is 0 Å². The van der Waals surface area contributed by atoms with Crippen molar-refractivity contribution >= 4 is 11.5 Å². The molecule has 5 heteroatoms. The molecule has 0 saturated heterocycles. The number of hydrogen-bond acceptors (Lipinski definition) is 4. The van der Waals surface area contributed by atoms with Crippen molar-refractivity contribution in [2.75, 3.05) is 17.2 Å².